The van der Waals surface area contributed by atoms with Crippen LogP contribution in [0, 0.1) is 11.8 Å². The van der Waals surface area contributed by atoms with Crippen molar-refractivity contribution in [1.82, 2.24) is 10.6 Å². The first kappa shape index (κ1) is 15.5. The molecule has 2 N–H and O–H groups in total. The van der Waals surface area contributed by atoms with Gasteiger partial charge in [-0.1, -0.05) is 41.1 Å². The molecule has 1 fully saturated rings. The second-order valence-electron chi connectivity index (χ2n) is 4.52. The first-order chi connectivity index (χ1) is 8.18. The lowest BCUT2D eigenvalue weighted by molar-refractivity contribution is -0.126. The number of carbonyl (C=O) groups excluding carboxylic acids is 1. The fourth-order valence-electron chi connectivity index (χ4n) is 1.86. The minimum atomic E-state index is 0. The van der Waals surface area contributed by atoms with E-state index in [1.807, 2.05) is 31.2 Å². The fraction of sp³-hybridized carbons (Fsp3) is 0.462. The highest BCUT2D eigenvalue weighted by Gasteiger charge is 2.28. The van der Waals surface area contributed by atoms with Gasteiger partial charge in [0.15, 0.2) is 0 Å². The zero-order valence-electron chi connectivity index (χ0n) is 10.3. The van der Waals surface area contributed by atoms with E-state index in [1.165, 1.54) is 0 Å². The molecule has 1 atom stereocenters. The number of amides is 1. The van der Waals surface area contributed by atoms with Crippen LogP contribution in [-0.4, -0.2) is 19.0 Å². The maximum Gasteiger partial charge on any atom is 0.223 e. The van der Waals surface area contributed by atoms with Crippen LogP contribution >= 0.6 is 28.3 Å². The Bertz CT molecular complexity index is 410. The largest absolute Gasteiger partial charge is 0.352 e. The maximum absolute atomic E-state index is 11.9. The number of hydrogen-bond donors (Lipinski definition) is 2. The molecule has 3 nitrogen and oxygen atoms in total. The van der Waals surface area contributed by atoms with E-state index >= 15 is 0 Å². The summed E-state index contributed by atoms with van der Waals surface area (Å²) in [6, 6.07) is 7.95. The molecule has 1 aliphatic rings. The molecular weight excluding hydrogens is 316 g/mol. The van der Waals surface area contributed by atoms with Crippen molar-refractivity contribution in [1.29, 1.82) is 0 Å². The van der Waals surface area contributed by atoms with E-state index in [-0.39, 0.29) is 24.2 Å². The van der Waals surface area contributed by atoms with E-state index in [0.29, 0.717) is 12.5 Å². The average molecular weight is 334 g/mol. The Morgan fingerprint density at radius 3 is 2.72 bits per heavy atom. The molecule has 0 saturated carbocycles. The van der Waals surface area contributed by atoms with Gasteiger partial charge in [0.05, 0.1) is 0 Å². The first-order valence-corrected chi connectivity index (χ1v) is 6.69. The van der Waals surface area contributed by atoms with Gasteiger partial charge in [-0.2, -0.15) is 0 Å². The smallest absolute Gasteiger partial charge is 0.223 e. The van der Waals surface area contributed by atoms with Crippen molar-refractivity contribution in [2.75, 3.05) is 13.1 Å². The Hall–Kier alpha value is -0.580. The van der Waals surface area contributed by atoms with Gasteiger partial charge in [-0.05, 0) is 30.6 Å². The van der Waals surface area contributed by atoms with Crippen molar-refractivity contribution in [2.45, 2.75) is 13.5 Å². The molecule has 5 heteroatoms. The van der Waals surface area contributed by atoms with Crippen LogP contribution in [0.15, 0.2) is 28.7 Å². The van der Waals surface area contributed by atoms with E-state index in [2.05, 4.69) is 26.6 Å². The summed E-state index contributed by atoms with van der Waals surface area (Å²) in [7, 11) is 0. The number of nitrogens with one attached hydrogen (secondary N) is 2. The monoisotopic (exact) mass is 332 g/mol. The lowest BCUT2D eigenvalue weighted by Gasteiger charge is -2.31. The standard InChI is InChI=1S/C13H17BrN2O.ClH/c1-9(11-6-15-7-11)13(17)16-8-10-4-2-3-5-12(10)14;/h2-5,9,11,15H,6-8H2,1H3,(H,16,17);1H. The van der Waals surface area contributed by atoms with Crippen molar-refractivity contribution in [3.05, 3.63) is 34.3 Å². The summed E-state index contributed by atoms with van der Waals surface area (Å²) in [5.41, 5.74) is 1.11. The summed E-state index contributed by atoms with van der Waals surface area (Å²) in [4.78, 5) is 11.9. The highest BCUT2D eigenvalue weighted by Crippen LogP contribution is 2.18. The molecule has 0 bridgehead atoms. The molecule has 0 radical (unpaired) electrons. The van der Waals surface area contributed by atoms with Crippen LogP contribution < -0.4 is 10.6 Å². The molecule has 1 aromatic rings. The van der Waals surface area contributed by atoms with E-state index in [9.17, 15) is 4.79 Å². The Morgan fingerprint density at radius 1 is 1.50 bits per heavy atom. The average Bonchev–Trinajstić information content (AvgIpc) is 2.25. The molecule has 1 aromatic carbocycles. The van der Waals surface area contributed by atoms with E-state index < -0.39 is 0 Å². The number of hydrogen-bond acceptors (Lipinski definition) is 2. The highest BCUT2D eigenvalue weighted by atomic mass is 79.9. The fourth-order valence-corrected chi connectivity index (χ4v) is 2.29. The minimum Gasteiger partial charge on any atom is -0.352 e. The molecule has 0 aromatic heterocycles. The molecule has 1 saturated heterocycles. The lowest BCUT2D eigenvalue weighted by Crippen LogP contribution is -2.49. The first-order valence-electron chi connectivity index (χ1n) is 5.90. The van der Waals surface area contributed by atoms with Gasteiger partial charge in [-0.25, -0.2) is 0 Å². The Kier molecular flexibility index (Phi) is 6.12. The van der Waals surface area contributed by atoms with Gasteiger partial charge in [-0.15, -0.1) is 12.4 Å². The van der Waals surface area contributed by atoms with Gasteiger partial charge < -0.3 is 10.6 Å². The molecule has 1 amide bonds. The number of rotatable bonds is 4. The quantitative estimate of drug-likeness (QED) is 0.888. The van der Waals surface area contributed by atoms with Crippen LogP contribution in [0.4, 0.5) is 0 Å². The van der Waals surface area contributed by atoms with Gasteiger partial charge in [0.1, 0.15) is 0 Å². The zero-order chi connectivity index (χ0) is 12.3. The SMILES string of the molecule is CC(C(=O)NCc1ccccc1Br)C1CNC1.Cl. The lowest BCUT2D eigenvalue weighted by atomic mass is 9.88. The predicted octanol–water partition coefficient (Wildman–Crippen LogP) is 2.34. The van der Waals surface area contributed by atoms with Crippen molar-refractivity contribution in [3.8, 4) is 0 Å². The molecule has 1 unspecified atom stereocenters. The number of halogens is 2. The van der Waals surface area contributed by atoms with Crippen LogP contribution in [0.2, 0.25) is 0 Å². The van der Waals surface area contributed by atoms with E-state index in [0.717, 1.165) is 23.1 Å². The summed E-state index contributed by atoms with van der Waals surface area (Å²) in [6.07, 6.45) is 0. The van der Waals surface area contributed by atoms with Crippen molar-refractivity contribution in [2.24, 2.45) is 11.8 Å². The molecule has 100 valence electrons. The summed E-state index contributed by atoms with van der Waals surface area (Å²) in [5.74, 6) is 0.736. The van der Waals surface area contributed by atoms with E-state index in [1.54, 1.807) is 0 Å². The van der Waals surface area contributed by atoms with Crippen molar-refractivity contribution < 1.29 is 4.79 Å². The molecule has 1 aliphatic heterocycles. The minimum absolute atomic E-state index is 0. The Balaban J connectivity index is 0.00000162. The van der Waals surface area contributed by atoms with Crippen molar-refractivity contribution >= 4 is 34.2 Å². The van der Waals surface area contributed by atoms with Crippen LogP contribution in [0.3, 0.4) is 0 Å². The van der Waals surface area contributed by atoms with Crippen LogP contribution in [-0.2, 0) is 11.3 Å². The third-order valence-corrected chi connectivity index (χ3v) is 4.12. The third kappa shape index (κ3) is 3.70. The number of carbonyl (C=O) groups is 1. The van der Waals surface area contributed by atoms with E-state index in [4.69, 9.17) is 0 Å². The van der Waals surface area contributed by atoms with Crippen LogP contribution in [0.5, 0.6) is 0 Å². The van der Waals surface area contributed by atoms with Crippen molar-refractivity contribution in [3.63, 3.8) is 0 Å². The molecular formula is C13H18BrClN2O. The van der Waals surface area contributed by atoms with Gasteiger partial charge in [0.25, 0.3) is 0 Å². The Morgan fingerprint density at radius 2 is 2.17 bits per heavy atom. The summed E-state index contributed by atoms with van der Waals surface area (Å²) in [6.45, 7) is 4.51. The molecule has 0 spiro atoms. The van der Waals surface area contributed by atoms with Gasteiger partial charge >= 0.3 is 0 Å². The zero-order valence-corrected chi connectivity index (χ0v) is 12.7. The molecule has 2 rings (SSSR count). The molecule has 0 aliphatic carbocycles. The highest BCUT2D eigenvalue weighted by molar-refractivity contribution is 9.10. The third-order valence-electron chi connectivity index (χ3n) is 3.34. The summed E-state index contributed by atoms with van der Waals surface area (Å²) in [5, 5.41) is 6.18. The van der Waals surface area contributed by atoms with Gasteiger partial charge in [0, 0.05) is 16.9 Å². The Labute approximate surface area is 122 Å². The maximum atomic E-state index is 11.9. The normalized spacial score (nSPS) is 16.3. The van der Waals surface area contributed by atoms with Gasteiger partial charge in [0.2, 0.25) is 5.91 Å². The number of benzene rings is 1. The second kappa shape index (κ2) is 7.12. The summed E-state index contributed by atoms with van der Waals surface area (Å²) >= 11 is 3.48. The predicted molar refractivity (Wildman–Crippen MR) is 78.8 cm³/mol. The second-order valence-corrected chi connectivity index (χ2v) is 5.37. The topological polar surface area (TPSA) is 41.1 Å². The van der Waals surface area contributed by atoms with Gasteiger partial charge in [-0.3, -0.25) is 4.79 Å². The van der Waals surface area contributed by atoms with Crippen LogP contribution in [0.1, 0.15) is 12.5 Å². The molecule has 18 heavy (non-hydrogen) atoms. The van der Waals surface area contributed by atoms with Crippen LogP contribution in [0.25, 0.3) is 0 Å². The molecule has 1 heterocycles. The summed E-state index contributed by atoms with van der Waals surface area (Å²) < 4.78 is 1.04.